The van der Waals surface area contributed by atoms with E-state index in [-0.39, 0.29) is 23.9 Å². The van der Waals surface area contributed by atoms with Crippen molar-refractivity contribution in [1.82, 2.24) is 10.6 Å². The van der Waals surface area contributed by atoms with Gasteiger partial charge in [0, 0.05) is 11.2 Å². The predicted octanol–water partition coefficient (Wildman–Crippen LogP) is 1.22. The Hall–Kier alpha value is -2.04. The molecule has 0 atom stereocenters. The van der Waals surface area contributed by atoms with Crippen LogP contribution in [0.3, 0.4) is 0 Å². The van der Waals surface area contributed by atoms with Crippen molar-refractivity contribution in [2.24, 2.45) is 0 Å². The van der Waals surface area contributed by atoms with Crippen LogP contribution in [0.2, 0.25) is 0 Å². The fraction of sp³-hybridized carbons (Fsp3) is 0.429. The molecule has 0 fully saturated rings. The van der Waals surface area contributed by atoms with Gasteiger partial charge in [0.25, 0.3) is 5.91 Å². The number of carbonyl (C=O) groups excluding carboxylic acids is 2. The molecular weight excluding hydrogens is 242 g/mol. The molecule has 4 N–H and O–H groups in total. The van der Waals surface area contributed by atoms with E-state index in [2.05, 4.69) is 10.6 Å². The van der Waals surface area contributed by atoms with Crippen molar-refractivity contribution in [3.8, 4) is 0 Å². The minimum atomic E-state index is -0.346. The molecule has 0 unspecified atom stereocenters. The average Bonchev–Trinajstić information content (AvgIpc) is 2.23. The summed E-state index contributed by atoms with van der Waals surface area (Å²) in [5.74, 6) is -0.576. The first-order valence-electron chi connectivity index (χ1n) is 6.14. The lowest BCUT2D eigenvalue weighted by molar-refractivity contribution is -0.121. The smallest absolute Gasteiger partial charge is 0.253 e. The molecule has 104 valence electrons. The highest BCUT2D eigenvalue weighted by Gasteiger charge is 2.15. The third-order valence-corrected chi connectivity index (χ3v) is 2.38. The number of hydrogen-bond acceptors (Lipinski definition) is 3. The van der Waals surface area contributed by atoms with E-state index in [1.54, 1.807) is 18.2 Å². The van der Waals surface area contributed by atoms with Gasteiger partial charge in [-0.15, -0.1) is 0 Å². The summed E-state index contributed by atoms with van der Waals surface area (Å²) in [6.45, 7) is 7.47. The van der Waals surface area contributed by atoms with Crippen molar-refractivity contribution in [3.05, 3.63) is 29.3 Å². The second-order valence-corrected chi connectivity index (χ2v) is 5.57. The molecule has 0 aliphatic rings. The van der Waals surface area contributed by atoms with Gasteiger partial charge in [-0.2, -0.15) is 0 Å². The molecule has 1 aromatic carbocycles. The van der Waals surface area contributed by atoms with Crippen LogP contribution in [-0.2, 0) is 4.79 Å². The summed E-state index contributed by atoms with van der Waals surface area (Å²) in [4.78, 5) is 23.5. The van der Waals surface area contributed by atoms with E-state index in [9.17, 15) is 9.59 Å². The van der Waals surface area contributed by atoms with Gasteiger partial charge in [0.15, 0.2) is 0 Å². The zero-order valence-electron chi connectivity index (χ0n) is 11.8. The first kappa shape index (κ1) is 15.0. The van der Waals surface area contributed by atoms with Crippen LogP contribution in [0.4, 0.5) is 5.69 Å². The zero-order valence-corrected chi connectivity index (χ0v) is 11.8. The molecule has 5 heteroatoms. The topological polar surface area (TPSA) is 84.2 Å². The maximum absolute atomic E-state index is 11.9. The number of nitrogen functional groups attached to an aromatic ring is 1. The van der Waals surface area contributed by atoms with Crippen LogP contribution in [-0.4, -0.2) is 23.9 Å². The fourth-order valence-electron chi connectivity index (χ4n) is 1.61. The maximum atomic E-state index is 11.9. The molecular formula is C14H21N3O2. The van der Waals surface area contributed by atoms with Gasteiger partial charge in [0.2, 0.25) is 5.91 Å². The number of rotatable bonds is 3. The van der Waals surface area contributed by atoms with Gasteiger partial charge < -0.3 is 16.4 Å². The number of nitrogens with one attached hydrogen (secondary N) is 2. The average molecular weight is 263 g/mol. The first-order valence-corrected chi connectivity index (χ1v) is 6.14. The normalized spacial score (nSPS) is 10.9. The molecule has 0 aliphatic carbocycles. The van der Waals surface area contributed by atoms with E-state index in [1.807, 2.05) is 27.7 Å². The molecule has 19 heavy (non-hydrogen) atoms. The minimum absolute atomic E-state index is 0.0661. The Morgan fingerprint density at radius 1 is 1.26 bits per heavy atom. The summed E-state index contributed by atoms with van der Waals surface area (Å²) in [5.41, 5.74) is 7.23. The van der Waals surface area contributed by atoms with Gasteiger partial charge >= 0.3 is 0 Å². The second-order valence-electron chi connectivity index (χ2n) is 5.57. The van der Waals surface area contributed by atoms with Gasteiger partial charge in [-0.05, 0) is 45.4 Å². The highest BCUT2D eigenvalue weighted by molar-refractivity contribution is 6.00. The van der Waals surface area contributed by atoms with E-state index in [0.717, 1.165) is 5.56 Å². The lowest BCUT2D eigenvalue weighted by atomic mass is 10.1. The van der Waals surface area contributed by atoms with E-state index >= 15 is 0 Å². The van der Waals surface area contributed by atoms with Crippen LogP contribution < -0.4 is 16.4 Å². The SMILES string of the molecule is Cc1ccc(C(=O)NCC(=O)NC(C)(C)C)c(N)c1. The summed E-state index contributed by atoms with van der Waals surface area (Å²) in [6, 6.07) is 5.19. The molecule has 2 amide bonds. The molecule has 0 aliphatic heterocycles. The highest BCUT2D eigenvalue weighted by Crippen LogP contribution is 2.13. The summed E-state index contributed by atoms with van der Waals surface area (Å²) in [5, 5.41) is 5.32. The standard InChI is InChI=1S/C14H21N3O2/c1-9-5-6-10(11(15)7-9)13(19)16-8-12(18)17-14(2,3)4/h5-7H,8,15H2,1-4H3,(H,16,19)(H,17,18). The van der Waals surface area contributed by atoms with Gasteiger partial charge in [-0.25, -0.2) is 0 Å². The van der Waals surface area contributed by atoms with E-state index in [4.69, 9.17) is 5.73 Å². The number of amides is 2. The summed E-state index contributed by atoms with van der Waals surface area (Å²) in [7, 11) is 0. The maximum Gasteiger partial charge on any atom is 0.253 e. The van der Waals surface area contributed by atoms with Crippen molar-refractivity contribution in [2.75, 3.05) is 12.3 Å². The predicted molar refractivity (Wildman–Crippen MR) is 75.8 cm³/mol. The lowest BCUT2D eigenvalue weighted by Crippen LogP contribution is -2.45. The van der Waals surface area contributed by atoms with Crippen LogP contribution in [0.15, 0.2) is 18.2 Å². The third-order valence-electron chi connectivity index (χ3n) is 2.38. The Bertz CT molecular complexity index is 490. The Labute approximate surface area is 113 Å². The number of hydrogen-bond donors (Lipinski definition) is 3. The number of nitrogens with two attached hydrogens (primary N) is 1. The molecule has 1 rings (SSSR count). The minimum Gasteiger partial charge on any atom is -0.398 e. The van der Waals surface area contributed by atoms with E-state index in [0.29, 0.717) is 11.3 Å². The Morgan fingerprint density at radius 2 is 1.89 bits per heavy atom. The van der Waals surface area contributed by atoms with Gasteiger partial charge in [-0.3, -0.25) is 9.59 Å². The van der Waals surface area contributed by atoms with Crippen molar-refractivity contribution in [2.45, 2.75) is 33.2 Å². The molecule has 0 saturated carbocycles. The molecule has 0 spiro atoms. The Kier molecular flexibility index (Phi) is 4.53. The van der Waals surface area contributed by atoms with Crippen molar-refractivity contribution < 1.29 is 9.59 Å². The number of anilines is 1. The molecule has 5 nitrogen and oxygen atoms in total. The van der Waals surface area contributed by atoms with Crippen molar-refractivity contribution in [3.63, 3.8) is 0 Å². The summed E-state index contributed by atoms with van der Waals surface area (Å²) >= 11 is 0. The van der Waals surface area contributed by atoms with Gasteiger partial charge in [0.1, 0.15) is 0 Å². The number of benzene rings is 1. The highest BCUT2D eigenvalue weighted by atomic mass is 16.2. The molecule has 0 bridgehead atoms. The van der Waals surface area contributed by atoms with Crippen LogP contribution in [0.5, 0.6) is 0 Å². The van der Waals surface area contributed by atoms with Crippen LogP contribution >= 0.6 is 0 Å². The first-order chi connectivity index (χ1) is 8.69. The quantitative estimate of drug-likeness (QED) is 0.717. The van der Waals surface area contributed by atoms with E-state index < -0.39 is 0 Å². The molecule has 0 saturated heterocycles. The Morgan fingerprint density at radius 3 is 2.42 bits per heavy atom. The molecule has 1 aromatic rings. The number of carbonyl (C=O) groups is 2. The molecule has 0 radical (unpaired) electrons. The fourth-order valence-corrected chi connectivity index (χ4v) is 1.61. The zero-order chi connectivity index (χ0) is 14.6. The summed E-state index contributed by atoms with van der Waals surface area (Å²) in [6.07, 6.45) is 0. The molecule has 0 heterocycles. The lowest BCUT2D eigenvalue weighted by Gasteiger charge is -2.20. The van der Waals surface area contributed by atoms with E-state index in [1.165, 1.54) is 0 Å². The summed E-state index contributed by atoms with van der Waals surface area (Å²) < 4.78 is 0. The van der Waals surface area contributed by atoms with Gasteiger partial charge in [-0.1, -0.05) is 6.07 Å². The van der Waals surface area contributed by atoms with Crippen LogP contribution in [0.25, 0.3) is 0 Å². The molecule has 0 aromatic heterocycles. The number of aryl methyl sites for hydroxylation is 1. The monoisotopic (exact) mass is 263 g/mol. The van der Waals surface area contributed by atoms with Crippen LogP contribution in [0, 0.1) is 6.92 Å². The van der Waals surface area contributed by atoms with Gasteiger partial charge in [0.05, 0.1) is 12.1 Å². The largest absolute Gasteiger partial charge is 0.398 e. The third kappa shape index (κ3) is 4.99. The van der Waals surface area contributed by atoms with Crippen molar-refractivity contribution in [1.29, 1.82) is 0 Å². The van der Waals surface area contributed by atoms with Crippen LogP contribution in [0.1, 0.15) is 36.7 Å². The Balaban J connectivity index is 2.59. The second kappa shape index (κ2) is 5.73. The van der Waals surface area contributed by atoms with Crippen molar-refractivity contribution >= 4 is 17.5 Å².